The van der Waals surface area contributed by atoms with E-state index in [-0.39, 0.29) is 11.8 Å². The van der Waals surface area contributed by atoms with Crippen LogP contribution < -0.4 is 4.90 Å². The Morgan fingerprint density at radius 1 is 1.33 bits per heavy atom. The molecule has 0 atom stereocenters. The minimum Gasteiger partial charge on any atom is -0.311 e. The molecular weight excluding hydrogens is 246 g/mol. The Kier molecular flexibility index (Phi) is 4.28. The molecular formula is C15H20ClNO. The molecule has 18 heavy (non-hydrogen) atoms. The van der Waals surface area contributed by atoms with E-state index >= 15 is 0 Å². The van der Waals surface area contributed by atoms with Gasteiger partial charge >= 0.3 is 0 Å². The fraction of sp³-hybridized carbons (Fsp3) is 0.533. The van der Waals surface area contributed by atoms with E-state index in [0.717, 1.165) is 12.2 Å². The molecule has 0 aliphatic heterocycles. The lowest BCUT2D eigenvalue weighted by atomic mass is 10.0. The van der Waals surface area contributed by atoms with Crippen LogP contribution in [0.2, 0.25) is 0 Å². The molecule has 1 aliphatic carbocycles. The van der Waals surface area contributed by atoms with Gasteiger partial charge in [0.25, 0.3) is 0 Å². The van der Waals surface area contributed by atoms with Gasteiger partial charge in [0.15, 0.2) is 0 Å². The van der Waals surface area contributed by atoms with E-state index in [0.29, 0.717) is 11.8 Å². The van der Waals surface area contributed by atoms with Gasteiger partial charge in [0.1, 0.15) is 5.88 Å². The Morgan fingerprint density at radius 2 is 1.94 bits per heavy atom. The van der Waals surface area contributed by atoms with Gasteiger partial charge < -0.3 is 4.90 Å². The zero-order valence-electron chi connectivity index (χ0n) is 11.0. The number of hydrogen-bond donors (Lipinski definition) is 0. The number of halogens is 1. The SMILES string of the molecule is CC(C)c1ccc(N(CC2CC2)C(=O)CCl)cc1. The van der Waals surface area contributed by atoms with E-state index < -0.39 is 0 Å². The topological polar surface area (TPSA) is 20.3 Å². The van der Waals surface area contributed by atoms with Gasteiger partial charge in [0.05, 0.1) is 0 Å². The molecule has 0 radical (unpaired) electrons. The molecule has 2 rings (SSSR count). The average Bonchev–Trinajstić information content (AvgIpc) is 3.19. The number of amides is 1. The van der Waals surface area contributed by atoms with Gasteiger partial charge in [-0.1, -0.05) is 26.0 Å². The first-order valence-corrected chi connectivity index (χ1v) is 7.11. The molecule has 1 aromatic carbocycles. The van der Waals surface area contributed by atoms with E-state index in [4.69, 9.17) is 11.6 Å². The number of carbonyl (C=O) groups is 1. The summed E-state index contributed by atoms with van der Waals surface area (Å²) in [6.07, 6.45) is 2.46. The molecule has 2 nitrogen and oxygen atoms in total. The zero-order chi connectivity index (χ0) is 13.1. The summed E-state index contributed by atoms with van der Waals surface area (Å²) < 4.78 is 0. The van der Waals surface area contributed by atoms with Crippen molar-refractivity contribution in [1.82, 2.24) is 0 Å². The molecule has 1 aliphatic rings. The van der Waals surface area contributed by atoms with Crippen LogP contribution in [0.1, 0.15) is 38.2 Å². The minimum absolute atomic E-state index is 0.000800. The van der Waals surface area contributed by atoms with Crippen molar-refractivity contribution in [3.8, 4) is 0 Å². The largest absolute Gasteiger partial charge is 0.311 e. The summed E-state index contributed by atoms with van der Waals surface area (Å²) in [4.78, 5) is 13.7. The Bertz CT molecular complexity index is 409. The molecule has 0 aromatic heterocycles. The fourth-order valence-electron chi connectivity index (χ4n) is 2.02. The maximum absolute atomic E-state index is 11.9. The third kappa shape index (κ3) is 3.26. The molecule has 1 saturated carbocycles. The van der Waals surface area contributed by atoms with E-state index in [1.807, 2.05) is 17.0 Å². The third-order valence-corrected chi connectivity index (χ3v) is 3.65. The second kappa shape index (κ2) is 5.75. The second-order valence-electron chi connectivity index (χ2n) is 5.33. The highest BCUT2D eigenvalue weighted by molar-refractivity contribution is 6.29. The molecule has 0 bridgehead atoms. The summed E-state index contributed by atoms with van der Waals surface area (Å²) in [6, 6.07) is 8.26. The van der Waals surface area contributed by atoms with E-state index in [1.165, 1.54) is 18.4 Å². The molecule has 1 aromatic rings. The van der Waals surface area contributed by atoms with Crippen molar-refractivity contribution in [2.24, 2.45) is 5.92 Å². The van der Waals surface area contributed by atoms with Gasteiger partial charge in [-0.25, -0.2) is 0 Å². The molecule has 98 valence electrons. The van der Waals surface area contributed by atoms with E-state index in [2.05, 4.69) is 26.0 Å². The molecule has 0 N–H and O–H groups in total. The summed E-state index contributed by atoms with van der Waals surface area (Å²) in [6.45, 7) is 5.15. The first-order chi connectivity index (χ1) is 8.61. The van der Waals surface area contributed by atoms with Gasteiger partial charge in [-0.2, -0.15) is 0 Å². The van der Waals surface area contributed by atoms with Crippen LogP contribution in [0.15, 0.2) is 24.3 Å². The highest BCUT2D eigenvalue weighted by Crippen LogP contribution is 2.32. The first kappa shape index (κ1) is 13.4. The van der Waals surface area contributed by atoms with Crippen molar-refractivity contribution in [3.05, 3.63) is 29.8 Å². The number of hydrogen-bond acceptors (Lipinski definition) is 1. The smallest absolute Gasteiger partial charge is 0.241 e. The number of alkyl halides is 1. The highest BCUT2D eigenvalue weighted by atomic mass is 35.5. The first-order valence-electron chi connectivity index (χ1n) is 6.58. The Hall–Kier alpha value is -1.02. The van der Waals surface area contributed by atoms with Gasteiger partial charge in [-0.05, 0) is 42.4 Å². The van der Waals surface area contributed by atoms with Gasteiger partial charge in [0.2, 0.25) is 5.91 Å². The van der Waals surface area contributed by atoms with Crippen molar-refractivity contribution in [2.75, 3.05) is 17.3 Å². The molecule has 0 spiro atoms. The molecule has 0 saturated heterocycles. The van der Waals surface area contributed by atoms with Crippen molar-refractivity contribution >= 4 is 23.2 Å². The Balaban J connectivity index is 2.15. The van der Waals surface area contributed by atoms with Crippen LogP contribution in [-0.4, -0.2) is 18.3 Å². The van der Waals surface area contributed by atoms with E-state index in [1.54, 1.807) is 0 Å². The Morgan fingerprint density at radius 3 is 2.39 bits per heavy atom. The molecule has 0 heterocycles. The van der Waals surface area contributed by atoms with Gasteiger partial charge in [-0.15, -0.1) is 11.6 Å². The minimum atomic E-state index is 0.000800. The van der Waals surface area contributed by atoms with Crippen LogP contribution >= 0.6 is 11.6 Å². The number of carbonyl (C=O) groups excluding carboxylic acids is 1. The quantitative estimate of drug-likeness (QED) is 0.742. The molecule has 1 fully saturated rings. The van der Waals surface area contributed by atoms with Crippen LogP contribution in [-0.2, 0) is 4.79 Å². The predicted octanol–water partition coefficient (Wildman–Crippen LogP) is 3.79. The summed E-state index contributed by atoms with van der Waals surface area (Å²) in [5.41, 5.74) is 2.26. The number of rotatable bonds is 5. The average molecular weight is 266 g/mol. The lowest BCUT2D eigenvalue weighted by Crippen LogP contribution is -2.33. The lowest BCUT2D eigenvalue weighted by molar-refractivity contribution is -0.116. The second-order valence-corrected chi connectivity index (χ2v) is 5.59. The zero-order valence-corrected chi connectivity index (χ0v) is 11.8. The molecule has 0 unspecified atom stereocenters. The van der Waals surface area contributed by atoms with Crippen LogP contribution in [0.4, 0.5) is 5.69 Å². The lowest BCUT2D eigenvalue weighted by Gasteiger charge is -2.22. The monoisotopic (exact) mass is 265 g/mol. The standard InChI is InChI=1S/C15H20ClNO/c1-11(2)13-5-7-14(8-6-13)17(15(18)9-16)10-12-3-4-12/h5-8,11-12H,3-4,9-10H2,1-2H3. The highest BCUT2D eigenvalue weighted by Gasteiger charge is 2.27. The van der Waals surface area contributed by atoms with E-state index in [9.17, 15) is 4.79 Å². The summed E-state index contributed by atoms with van der Waals surface area (Å²) in [5.74, 6) is 1.24. The van der Waals surface area contributed by atoms with Gasteiger partial charge in [-0.3, -0.25) is 4.79 Å². The number of benzene rings is 1. The van der Waals surface area contributed by atoms with Crippen LogP contribution in [0.3, 0.4) is 0 Å². The third-order valence-electron chi connectivity index (χ3n) is 3.42. The number of anilines is 1. The molecule has 1 amide bonds. The summed E-state index contributed by atoms with van der Waals surface area (Å²) in [5, 5.41) is 0. The maximum Gasteiger partial charge on any atom is 0.241 e. The van der Waals surface area contributed by atoms with Crippen LogP contribution in [0.25, 0.3) is 0 Å². The Labute approximate surface area is 114 Å². The van der Waals surface area contributed by atoms with Crippen molar-refractivity contribution in [1.29, 1.82) is 0 Å². The maximum atomic E-state index is 11.9. The normalized spacial score (nSPS) is 14.9. The van der Waals surface area contributed by atoms with Crippen LogP contribution in [0.5, 0.6) is 0 Å². The van der Waals surface area contributed by atoms with Crippen molar-refractivity contribution in [3.63, 3.8) is 0 Å². The predicted molar refractivity (Wildman–Crippen MR) is 76.3 cm³/mol. The summed E-state index contributed by atoms with van der Waals surface area (Å²) >= 11 is 5.69. The van der Waals surface area contributed by atoms with Crippen LogP contribution in [0, 0.1) is 5.92 Å². The summed E-state index contributed by atoms with van der Waals surface area (Å²) in [7, 11) is 0. The van der Waals surface area contributed by atoms with Crippen molar-refractivity contribution in [2.45, 2.75) is 32.6 Å². The molecule has 3 heteroatoms. The van der Waals surface area contributed by atoms with Gasteiger partial charge in [0, 0.05) is 12.2 Å². The van der Waals surface area contributed by atoms with Crippen molar-refractivity contribution < 1.29 is 4.79 Å². The number of nitrogens with zero attached hydrogens (tertiary/aromatic N) is 1. The fourth-order valence-corrected chi connectivity index (χ4v) is 2.17.